The van der Waals surface area contributed by atoms with Crippen molar-refractivity contribution in [1.82, 2.24) is 0 Å². The van der Waals surface area contributed by atoms with E-state index in [-0.39, 0.29) is 63.6 Å². The molecular weight excluding hydrogens is 860 g/mol. The second-order valence-corrected chi connectivity index (χ2v) is 14.6. The third-order valence-electron chi connectivity index (χ3n) is 5.32. The van der Waals surface area contributed by atoms with Gasteiger partial charge in [-0.25, -0.2) is 13.2 Å². The first-order valence-corrected chi connectivity index (χ1v) is 17.1. The van der Waals surface area contributed by atoms with Gasteiger partial charge in [-0.15, -0.1) is 0 Å². The van der Waals surface area contributed by atoms with Crippen LogP contribution in [0, 0.1) is 63.6 Å². The molecule has 0 N–H and O–H groups in total. The van der Waals surface area contributed by atoms with Crippen LogP contribution in [0.1, 0.15) is 0 Å². The Hall–Kier alpha value is -4.21. The third-order valence-corrected chi connectivity index (χ3v) is 10.6. The van der Waals surface area contributed by atoms with E-state index in [1.54, 1.807) is 24.3 Å². The zero-order valence-corrected chi connectivity index (χ0v) is 27.7. The Kier molecular flexibility index (Phi) is 14.4. The maximum Gasteiger partial charge on any atom is 0.358 e. The highest BCUT2D eigenvalue weighted by Crippen LogP contribution is 2.28. The number of rotatable bonds is 8. The zero-order valence-electron chi connectivity index (χ0n) is 23.4. The molecule has 0 aliphatic rings. The van der Waals surface area contributed by atoms with Gasteiger partial charge in [0.15, 0.2) is 12.9 Å². The summed E-state index contributed by atoms with van der Waals surface area (Å²) in [6.07, 6.45) is 0. The van der Waals surface area contributed by atoms with Crippen LogP contribution in [0.4, 0.5) is 33.3 Å². The second-order valence-electron chi connectivity index (χ2n) is 8.56. The molecular formula is C30H18BF5I2N2O7. The van der Waals surface area contributed by atoms with Crippen molar-refractivity contribution >= 4 is 18.7 Å². The number of hydrogen-bond acceptors (Lipinski definition) is 7. The van der Waals surface area contributed by atoms with Gasteiger partial charge in [0.2, 0.25) is 36.2 Å². The molecule has 5 aromatic rings. The Morgan fingerprint density at radius 1 is 0.511 bits per heavy atom. The molecule has 0 heterocycles. The van der Waals surface area contributed by atoms with Gasteiger partial charge in [-0.3, -0.25) is 20.2 Å². The van der Waals surface area contributed by atoms with Gasteiger partial charge in [-0.2, -0.15) is 8.78 Å². The standard InChI is InChI=1S/2C12H9INO2.C6BF5O3/c2*15-14(16)12-8-4-7-11(9-12)13-10-5-2-1-3-6-10;8-1-2(9)4(11)6(15-7(13)14)5(12)3(1)10/h2*1-9H;/q2*+1;-2. The van der Waals surface area contributed by atoms with Crippen LogP contribution in [-0.2, 0) is 0 Å². The SMILES string of the molecule is O=[N+]([O-])c1cccc([I+]c2ccccc2)c1.O=[N+]([O-])c1cccc([I+]c2ccccc2)c1.[O-]B([O-])Oc1c(F)c(F)c(F)c(F)c1F. The lowest BCUT2D eigenvalue weighted by molar-refractivity contribution is -0.598. The monoisotopic (exact) mass is 878 g/mol. The molecule has 5 aromatic carbocycles. The summed E-state index contributed by atoms with van der Waals surface area (Å²) in [6.45, 7) is 0. The summed E-state index contributed by atoms with van der Waals surface area (Å²) in [7, 11) is -3.20. The molecule has 0 atom stereocenters. The summed E-state index contributed by atoms with van der Waals surface area (Å²) < 4.78 is 70.5. The molecule has 17 heteroatoms. The fourth-order valence-electron chi connectivity index (χ4n) is 3.29. The lowest BCUT2D eigenvalue weighted by Crippen LogP contribution is -3.61. The van der Waals surface area contributed by atoms with E-state index in [1.165, 1.54) is 19.3 Å². The number of nitro groups is 2. The predicted molar refractivity (Wildman–Crippen MR) is 146 cm³/mol. The summed E-state index contributed by atoms with van der Waals surface area (Å²) in [4.78, 5) is 20.5. The fraction of sp³-hybridized carbons (Fsp3) is 0. The number of nitro benzene ring substituents is 2. The molecule has 242 valence electrons. The van der Waals surface area contributed by atoms with Crippen molar-refractivity contribution in [3.8, 4) is 5.75 Å². The van der Waals surface area contributed by atoms with E-state index < -0.39 is 42.2 Å². The van der Waals surface area contributed by atoms with Gasteiger partial charge in [0.25, 0.3) is 11.4 Å². The minimum absolute atomic E-state index is 0.174. The van der Waals surface area contributed by atoms with Crippen molar-refractivity contribution in [2.24, 2.45) is 0 Å². The highest BCUT2D eigenvalue weighted by molar-refractivity contribution is 6.29. The number of non-ortho nitro benzene ring substituents is 2. The Morgan fingerprint density at radius 2 is 0.851 bits per heavy atom. The number of hydrogen-bond donors (Lipinski definition) is 0. The van der Waals surface area contributed by atoms with Gasteiger partial charge in [0, 0.05) is 12.1 Å². The Bertz CT molecular complexity index is 1700. The molecule has 5 rings (SSSR count). The Balaban J connectivity index is 0.000000192. The molecule has 0 unspecified atom stereocenters. The number of benzene rings is 5. The molecule has 0 aliphatic carbocycles. The molecule has 0 amide bonds. The molecule has 0 fully saturated rings. The summed E-state index contributed by atoms with van der Waals surface area (Å²) in [5.74, 6) is -13.6. The van der Waals surface area contributed by atoms with Crippen LogP contribution in [0.3, 0.4) is 0 Å². The van der Waals surface area contributed by atoms with Crippen molar-refractivity contribution < 1.29 is 88.9 Å². The first kappa shape index (κ1) is 37.3. The van der Waals surface area contributed by atoms with Gasteiger partial charge in [0.05, 0.1) is 22.0 Å². The van der Waals surface area contributed by atoms with Crippen molar-refractivity contribution in [2.45, 2.75) is 0 Å². The largest absolute Gasteiger partial charge is 0.860 e. The van der Waals surface area contributed by atoms with Gasteiger partial charge < -0.3 is 14.7 Å². The summed E-state index contributed by atoms with van der Waals surface area (Å²) >= 11 is -0.636. The molecule has 9 nitrogen and oxygen atoms in total. The van der Waals surface area contributed by atoms with E-state index in [2.05, 4.69) is 28.9 Å². The molecule has 0 radical (unpaired) electrons. The lowest BCUT2D eigenvalue weighted by atomic mass is 10.2. The maximum absolute atomic E-state index is 12.6. The first-order valence-electron chi connectivity index (χ1n) is 12.8. The quantitative estimate of drug-likeness (QED) is 0.0368. The smallest absolute Gasteiger partial charge is 0.358 e. The molecule has 0 spiro atoms. The van der Waals surface area contributed by atoms with E-state index in [0.29, 0.717) is 0 Å². The van der Waals surface area contributed by atoms with Gasteiger partial charge in [-0.05, 0) is 36.4 Å². The fourth-order valence-corrected chi connectivity index (χ4v) is 8.00. The van der Waals surface area contributed by atoms with Crippen LogP contribution in [-0.4, -0.2) is 17.2 Å². The number of nitrogens with zero attached hydrogens (tertiary/aromatic N) is 2. The van der Waals surface area contributed by atoms with Crippen LogP contribution in [0.25, 0.3) is 0 Å². The van der Waals surface area contributed by atoms with E-state index >= 15 is 0 Å². The van der Waals surface area contributed by atoms with Crippen molar-refractivity contribution in [1.29, 1.82) is 0 Å². The maximum atomic E-state index is 12.6. The molecule has 0 aliphatic heterocycles. The molecule has 0 saturated heterocycles. The van der Waals surface area contributed by atoms with Crippen LogP contribution in [0.2, 0.25) is 0 Å². The Labute approximate surface area is 284 Å². The van der Waals surface area contributed by atoms with Crippen LogP contribution >= 0.6 is 0 Å². The zero-order chi connectivity index (χ0) is 34.5. The van der Waals surface area contributed by atoms with E-state index in [4.69, 9.17) is 0 Å². The second kappa shape index (κ2) is 18.2. The number of halogens is 7. The van der Waals surface area contributed by atoms with Gasteiger partial charge in [-0.1, -0.05) is 48.5 Å². The third kappa shape index (κ3) is 11.5. The lowest BCUT2D eigenvalue weighted by Gasteiger charge is -2.27. The average molecular weight is 878 g/mol. The summed E-state index contributed by atoms with van der Waals surface area (Å²) in [5, 5.41) is 41.0. The Morgan fingerprint density at radius 3 is 1.19 bits per heavy atom. The van der Waals surface area contributed by atoms with Crippen LogP contribution in [0.5, 0.6) is 5.75 Å². The van der Waals surface area contributed by atoms with Crippen molar-refractivity contribution in [3.05, 3.63) is 173 Å². The van der Waals surface area contributed by atoms with E-state index in [9.17, 15) is 52.2 Å². The summed E-state index contributed by atoms with van der Waals surface area (Å²) in [6, 6.07) is 33.9. The highest BCUT2D eigenvalue weighted by atomic mass is 127. The van der Waals surface area contributed by atoms with Crippen LogP contribution in [0.15, 0.2) is 109 Å². The van der Waals surface area contributed by atoms with Gasteiger partial charge >= 0.3 is 42.4 Å². The molecule has 0 aromatic heterocycles. The van der Waals surface area contributed by atoms with Gasteiger partial charge in [0.1, 0.15) is 7.32 Å². The molecule has 0 bridgehead atoms. The minimum Gasteiger partial charge on any atom is -0.860 e. The van der Waals surface area contributed by atoms with Crippen molar-refractivity contribution in [2.75, 3.05) is 0 Å². The molecule has 0 saturated carbocycles. The predicted octanol–water partition coefficient (Wildman–Crippen LogP) is -1.09. The first-order chi connectivity index (χ1) is 22.4. The van der Waals surface area contributed by atoms with Crippen LogP contribution < -0.4 is 57.1 Å². The average Bonchev–Trinajstić information content (AvgIpc) is 3.06. The van der Waals surface area contributed by atoms with E-state index in [1.807, 2.05) is 48.5 Å². The normalized spacial score (nSPS) is 10.1. The summed E-state index contributed by atoms with van der Waals surface area (Å²) in [5.41, 5.74) is 0.348. The van der Waals surface area contributed by atoms with Crippen molar-refractivity contribution in [3.63, 3.8) is 0 Å². The molecule has 47 heavy (non-hydrogen) atoms. The van der Waals surface area contributed by atoms with E-state index in [0.717, 1.165) is 7.14 Å². The minimum atomic E-state index is -3.20. The topological polar surface area (TPSA) is 142 Å². The highest BCUT2D eigenvalue weighted by Gasteiger charge is 2.26.